The van der Waals surface area contributed by atoms with Crippen LogP contribution in [-0.4, -0.2) is 77.9 Å². The molecule has 0 unspecified atom stereocenters. The van der Waals surface area contributed by atoms with Crippen molar-refractivity contribution in [2.75, 3.05) is 30.8 Å². The molecule has 1 saturated heterocycles. The summed E-state index contributed by atoms with van der Waals surface area (Å²) in [5.74, 6) is 0.969. The van der Waals surface area contributed by atoms with Crippen LogP contribution in [-0.2, 0) is 18.4 Å². The summed E-state index contributed by atoms with van der Waals surface area (Å²) >= 11 is 0. The number of aromatic nitrogens is 6. The van der Waals surface area contributed by atoms with Gasteiger partial charge in [0.15, 0.2) is 5.65 Å². The number of rotatable bonds is 1. The molecule has 0 radical (unpaired) electrons. The maximum absolute atomic E-state index is 13.5. The molecule has 2 atom stereocenters. The number of ether oxygens (including phenoxy) is 1. The number of hydrogen-bond donors (Lipinski definition) is 3. The van der Waals surface area contributed by atoms with Crippen LogP contribution in [0.1, 0.15) is 22.3 Å². The fraction of sp³-hybridized carbons (Fsp3) is 0.381. The second-order valence-electron chi connectivity index (χ2n) is 8.44. The molecule has 5 heterocycles. The zero-order valence-electron chi connectivity index (χ0n) is 18.2. The number of nitrogens with zero attached hydrogens (tertiary/aromatic N) is 7. The summed E-state index contributed by atoms with van der Waals surface area (Å²) in [7, 11) is 3.62. The number of nitrogens with one attached hydrogen (secondary N) is 2. The second-order valence-corrected chi connectivity index (χ2v) is 8.44. The lowest BCUT2D eigenvalue weighted by Crippen LogP contribution is -2.38. The topological polar surface area (TPSA) is 135 Å². The average Bonchev–Trinajstić information content (AvgIpc) is 3.50. The highest BCUT2D eigenvalue weighted by molar-refractivity contribution is 6.00. The van der Waals surface area contributed by atoms with Gasteiger partial charge in [0.05, 0.1) is 42.8 Å². The van der Waals surface area contributed by atoms with Crippen molar-refractivity contribution in [3.8, 4) is 0 Å². The van der Waals surface area contributed by atoms with Gasteiger partial charge in [0.1, 0.15) is 22.7 Å². The predicted molar refractivity (Wildman–Crippen MR) is 119 cm³/mol. The van der Waals surface area contributed by atoms with E-state index in [1.165, 1.54) is 6.20 Å². The highest BCUT2D eigenvalue weighted by Crippen LogP contribution is 2.30. The Balaban J connectivity index is 1.56. The van der Waals surface area contributed by atoms with Crippen LogP contribution in [0.4, 0.5) is 17.3 Å². The third-order valence-electron chi connectivity index (χ3n) is 6.23. The minimum absolute atomic E-state index is 0.228. The quantitative estimate of drug-likeness (QED) is 0.387. The normalized spacial score (nSPS) is 20.8. The van der Waals surface area contributed by atoms with Crippen LogP contribution < -0.4 is 10.6 Å². The fourth-order valence-electron chi connectivity index (χ4n) is 4.63. The summed E-state index contributed by atoms with van der Waals surface area (Å²) in [6.07, 6.45) is 1.38. The standard InChI is InChI=1S/C21H23N9O3/c1-22-18-6-17-24-15-3-11(4-16-19(15)26-27-28(16)2)9-33-10-12-5-13(31)8-29(12)21(32)14-7-23-30(18)20(14)25-17/h3-4,6-7,12-13,22,31H,5,8-10H2,1-2H3,(H,24,25)/t12-,13+/m0/s1. The van der Waals surface area contributed by atoms with E-state index >= 15 is 0 Å². The van der Waals surface area contributed by atoms with Crippen LogP contribution in [0.3, 0.4) is 0 Å². The number of amides is 1. The first-order valence-corrected chi connectivity index (χ1v) is 10.7. The Bertz CT molecular complexity index is 1390. The van der Waals surface area contributed by atoms with E-state index in [1.807, 2.05) is 25.2 Å². The van der Waals surface area contributed by atoms with E-state index in [9.17, 15) is 9.90 Å². The average molecular weight is 449 g/mol. The van der Waals surface area contributed by atoms with Crippen LogP contribution in [0.2, 0.25) is 0 Å². The number of aliphatic hydroxyl groups is 1. The molecule has 6 rings (SSSR count). The monoisotopic (exact) mass is 449 g/mol. The van der Waals surface area contributed by atoms with Gasteiger partial charge in [-0.1, -0.05) is 5.21 Å². The van der Waals surface area contributed by atoms with Crippen LogP contribution in [0, 0.1) is 0 Å². The third-order valence-corrected chi connectivity index (χ3v) is 6.23. The van der Waals surface area contributed by atoms with Gasteiger partial charge in [-0.05, 0) is 24.1 Å². The van der Waals surface area contributed by atoms with Crippen molar-refractivity contribution in [2.45, 2.75) is 25.2 Å². The summed E-state index contributed by atoms with van der Waals surface area (Å²) in [5.41, 5.74) is 4.02. The lowest BCUT2D eigenvalue weighted by molar-refractivity contribution is 0.0497. The van der Waals surface area contributed by atoms with Crippen LogP contribution in [0.25, 0.3) is 16.7 Å². The van der Waals surface area contributed by atoms with Gasteiger partial charge in [-0.25, -0.2) is 9.67 Å². The molecule has 4 aromatic rings. The number of fused-ring (bicyclic) bond motifs is 6. The summed E-state index contributed by atoms with van der Waals surface area (Å²) in [4.78, 5) is 19.8. The summed E-state index contributed by atoms with van der Waals surface area (Å²) in [6, 6.07) is 5.53. The first-order chi connectivity index (χ1) is 16.0. The number of anilines is 3. The van der Waals surface area contributed by atoms with Gasteiger partial charge < -0.3 is 25.4 Å². The van der Waals surface area contributed by atoms with Crippen LogP contribution >= 0.6 is 0 Å². The Morgan fingerprint density at radius 2 is 2.18 bits per heavy atom. The Morgan fingerprint density at radius 3 is 3.03 bits per heavy atom. The van der Waals surface area contributed by atoms with Crippen molar-refractivity contribution in [3.05, 3.63) is 35.5 Å². The molecule has 33 heavy (non-hydrogen) atoms. The molecule has 0 saturated carbocycles. The Kier molecular flexibility index (Phi) is 4.45. The molecule has 2 aliphatic heterocycles. The zero-order chi connectivity index (χ0) is 22.7. The van der Waals surface area contributed by atoms with Gasteiger partial charge in [0, 0.05) is 26.7 Å². The van der Waals surface area contributed by atoms with E-state index in [4.69, 9.17) is 9.72 Å². The molecule has 3 N–H and O–H groups in total. The van der Waals surface area contributed by atoms with E-state index in [2.05, 4.69) is 26.0 Å². The van der Waals surface area contributed by atoms with Gasteiger partial charge in [-0.2, -0.15) is 9.61 Å². The Hall–Kier alpha value is -3.77. The van der Waals surface area contributed by atoms with Crippen LogP contribution in [0.15, 0.2) is 24.4 Å². The highest BCUT2D eigenvalue weighted by atomic mass is 16.5. The summed E-state index contributed by atoms with van der Waals surface area (Å²) in [6.45, 7) is 0.905. The molecule has 4 bridgehead atoms. The second kappa shape index (κ2) is 7.39. The largest absolute Gasteiger partial charge is 0.391 e. The van der Waals surface area contributed by atoms with Gasteiger partial charge in [-0.3, -0.25) is 4.79 Å². The summed E-state index contributed by atoms with van der Waals surface area (Å²) < 4.78 is 9.31. The Labute approximate surface area is 188 Å². The smallest absolute Gasteiger partial charge is 0.259 e. The van der Waals surface area contributed by atoms with E-state index in [0.717, 1.165) is 16.8 Å². The van der Waals surface area contributed by atoms with Crippen molar-refractivity contribution >= 4 is 39.9 Å². The molecule has 1 fully saturated rings. The fourth-order valence-corrected chi connectivity index (χ4v) is 4.63. The van der Waals surface area contributed by atoms with E-state index in [-0.39, 0.29) is 18.5 Å². The maximum Gasteiger partial charge on any atom is 0.259 e. The van der Waals surface area contributed by atoms with Gasteiger partial charge in [-0.15, -0.1) is 5.10 Å². The van der Waals surface area contributed by atoms with Crippen molar-refractivity contribution in [3.63, 3.8) is 0 Å². The van der Waals surface area contributed by atoms with Crippen molar-refractivity contribution in [2.24, 2.45) is 7.05 Å². The minimum atomic E-state index is -0.596. The molecule has 12 nitrogen and oxygen atoms in total. The lowest BCUT2D eigenvalue weighted by atomic mass is 10.1. The molecule has 1 aromatic carbocycles. The molecule has 1 amide bonds. The van der Waals surface area contributed by atoms with E-state index in [1.54, 1.807) is 21.1 Å². The molecule has 0 spiro atoms. The van der Waals surface area contributed by atoms with Crippen molar-refractivity contribution < 1.29 is 14.6 Å². The molecule has 3 aromatic heterocycles. The molecular formula is C21H23N9O3. The highest BCUT2D eigenvalue weighted by Gasteiger charge is 2.36. The molecule has 170 valence electrons. The number of carbonyl (C=O) groups excluding carboxylic acids is 1. The number of carbonyl (C=O) groups is 1. The Morgan fingerprint density at radius 1 is 1.30 bits per heavy atom. The van der Waals surface area contributed by atoms with Crippen molar-refractivity contribution in [1.29, 1.82) is 0 Å². The van der Waals surface area contributed by atoms with Crippen molar-refractivity contribution in [1.82, 2.24) is 34.5 Å². The predicted octanol–water partition coefficient (Wildman–Crippen LogP) is 0.902. The summed E-state index contributed by atoms with van der Waals surface area (Å²) in [5, 5.41) is 29.6. The van der Waals surface area contributed by atoms with E-state index in [0.29, 0.717) is 48.0 Å². The third kappa shape index (κ3) is 3.17. The number of benzene rings is 1. The number of hydrogen-bond acceptors (Lipinski definition) is 9. The van der Waals surface area contributed by atoms with Crippen LogP contribution in [0.5, 0.6) is 0 Å². The lowest BCUT2D eigenvalue weighted by Gasteiger charge is -2.24. The first-order valence-electron chi connectivity index (χ1n) is 10.7. The molecule has 0 aliphatic carbocycles. The number of aryl methyl sites for hydroxylation is 1. The molecule has 2 aliphatic rings. The van der Waals surface area contributed by atoms with Gasteiger partial charge in [0.2, 0.25) is 0 Å². The first kappa shape index (κ1) is 19.9. The minimum Gasteiger partial charge on any atom is -0.391 e. The number of aliphatic hydroxyl groups excluding tert-OH is 1. The van der Waals surface area contributed by atoms with Gasteiger partial charge >= 0.3 is 0 Å². The maximum atomic E-state index is 13.5. The molecular weight excluding hydrogens is 426 g/mol. The SMILES string of the molecule is CNc1cc2nc3c(cnn13)C(=O)N1C[C@H](O)C[C@H]1COCc1cc(c3nnn(C)c3c1)N2. The zero-order valence-corrected chi connectivity index (χ0v) is 18.2. The van der Waals surface area contributed by atoms with E-state index < -0.39 is 6.10 Å². The molecule has 12 heteroatoms. The van der Waals surface area contributed by atoms with Gasteiger partial charge in [0.25, 0.3) is 5.91 Å².